The van der Waals surface area contributed by atoms with Crippen LogP contribution in [0.15, 0.2) is 18.2 Å². The molecule has 0 spiro atoms. The smallest absolute Gasteiger partial charge is 0.0595 e. The Morgan fingerprint density at radius 3 is 2.67 bits per heavy atom. The van der Waals surface area contributed by atoms with Gasteiger partial charge in [0.1, 0.15) is 0 Å². The summed E-state index contributed by atoms with van der Waals surface area (Å²) >= 11 is 12.0. The molecule has 98 valence electrons. The monoisotopic (exact) mass is 283 g/mol. The first-order valence-corrected chi connectivity index (χ1v) is 7.02. The minimum Gasteiger partial charge on any atom is -0.310 e. The van der Waals surface area contributed by atoms with Crippen molar-refractivity contribution in [2.24, 2.45) is 0 Å². The highest BCUT2D eigenvalue weighted by molar-refractivity contribution is 6.42. The van der Waals surface area contributed by atoms with E-state index in [0.717, 1.165) is 25.8 Å². The molecule has 0 aliphatic carbocycles. The molecule has 0 heterocycles. The van der Waals surface area contributed by atoms with Gasteiger partial charge in [-0.2, -0.15) is 0 Å². The third kappa shape index (κ3) is 4.90. The van der Waals surface area contributed by atoms with Gasteiger partial charge in [-0.1, -0.05) is 36.2 Å². The number of hydrogen-bond acceptors (Lipinski definition) is 1. The van der Waals surface area contributed by atoms with E-state index in [1.165, 1.54) is 5.56 Å². The van der Waals surface area contributed by atoms with Crippen LogP contribution in [0.3, 0.4) is 0 Å². The van der Waals surface area contributed by atoms with Gasteiger partial charge in [0.15, 0.2) is 0 Å². The van der Waals surface area contributed by atoms with Crippen molar-refractivity contribution in [2.75, 3.05) is 6.54 Å². The standard InChI is InChI=1S/C15H19Cl2N/c1-3-5-6-7-15(18-10-4-2)12-8-9-13(16)14(17)11-12/h8-9,11,15,18H,4,6-7,10H2,1-2H3. The third-order valence-corrected chi connectivity index (χ3v) is 3.46. The van der Waals surface area contributed by atoms with Gasteiger partial charge in [0.2, 0.25) is 0 Å². The fraction of sp³-hybridized carbons (Fsp3) is 0.467. The molecule has 0 aliphatic heterocycles. The highest BCUT2D eigenvalue weighted by Crippen LogP contribution is 2.27. The molecule has 18 heavy (non-hydrogen) atoms. The minimum atomic E-state index is 0.292. The molecule has 0 bridgehead atoms. The third-order valence-electron chi connectivity index (χ3n) is 2.72. The van der Waals surface area contributed by atoms with Crippen molar-refractivity contribution in [3.05, 3.63) is 33.8 Å². The predicted octanol–water partition coefficient (Wildman–Crippen LogP) is 4.84. The summed E-state index contributed by atoms with van der Waals surface area (Å²) in [5, 5.41) is 4.73. The Kier molecular flexibility index (Phi) is 7.20. The highest BCUT2D eigenvalue weighted by atomic mass is 35.5. The summed E-state index contributed by atoms with van der Waals surface area (Å²) in [4.78, 5) is 0. The Labute approximate surface area is 120 Å². The second-order valence-corrected chi connectivity index (χ2v) is 4.96. The number of hydrogen-bond donors (Lipinski definition) is 1. The lowest BCUT2D eigenvalue weighted by Gasteiger charge is -2.18. The van der Waals surface area contributed by atoms with E-state index in [-0.39, 0.29) is 0 Å². The van der Waals surface area contributed by atoms with Gasteiger partial charge in [0.05, 0.1) is 10.0 Å². The van der Waals surface area contributed by atoms with E-state index in [4.69, 9.17) is 23.2 Å². The first kappa shape index (κ1) is 15.4. The van der Waals surface area contributed by atoms with Crippen molar-refractivity contribution < 1.29 is 0 Å². The minimum absolute atomic E-state index is 0.292. The lowest BCUT2D eigenvalue weighted by molar-refractivity contribution is 0.505. The van der Waals surface area contributed by atoms with Gasteiger partial charge in [-0.15, -0.1) is 11.8 Å². The molecule has 0 amide bonds. The van der Waals surface area contributed by atoms with Gasteiger partial charge in [-0.3, -0.25) is 0 Å². The Morgan fingerprint density at radius 1 is 1.28 bits per heavy atom. The molecule has 1 nitrogen and oxygen atoms in total. The fourth-order valence-electron chi connectivity index (χ4n) is 1.78. The van der Waals surface area contributed by atoms with Crippen LogP contribution < -0.4 is 5.32 Å². The maximum atomic E-state index is 6.07. The summed E-state index contributed by atoms with van der Waals surface area (Å²) in [5.74, 6) is 6.03. The van der Waals surface area contributed by atoms with Crippen LogP contribution in [0.5, 0.6) is 0 Å². The van der Waals surface area contributed by atoms with Gasteiger partial charge in [0, 0.05) is 12.5 Å². The Morgan fingerprint density at radius 2 is 2.06 bits per heavy atom. The molecule has 0 aromatic heterocycles. The van der Waals surface area contributed by atoms with Gasteiger partial charge in [0.25, 0.3) is 0 Å². The number of rotatable bonds is 6. The first-order valence-electron chi connectivity index (χ1n) is 6.27. The summed E-state index contributed by atoms with van der Waals surface area (Å²) < 4.78 is 0. The molecule has 0 aliphatic rings. The second-order valence-electron chi connectivity index (χ2n) is 4.15. The molecule has 1 atom stereocenters. The summed E-state index contributed by atoms with van der Waals surface area (Å²) in [7, 11) is 0. The van der Waals surface area contributed by atoms with Crippen LogP contribution in [0.25, 0.3) is 0 Å². The maximum absolute atomic E-state index is 6.07. The van der Waals surface area contributed by atoms with E-state index in [9.17, 15) is 0 Å². The van der Waals surface area contributed by atoms with Gasteiger partial charge in [-0.05, 0) is 44.0 Å². The summed E-state index contributed by atoms with van der Waals surface area (Å²) in [6.45, 7) is 5.02. The molecule has 1 aromatic carbocycles. The van der Waals surface area contributed by atoms with Crippen molar-refractivity contribution in [3.8, 4) is 11.8 Å². The molecule has 0 saturated carbocycles. The molecular formula is C15H19Cl2N. The highest BCUT2D eigenvalue weighted by Gasteiger charge is 2.11. The predicted molar refractivity (Wildman–Crippen MR) is 80.2 cm³/mol. The molecule has 1 rings (SSSR count). The zero-order chi connectivity index (χ0) is 13.4. The maximum Gasteiger partial charge on any atom is 0.0595 e. The molecule has 1 unspecified atom stereocenters. The molecule has 1 N–H and O–H groups in total. The van der Waals surface area contributed by atoms with Gasteiger partial charge >= 0.3 is 0 Å². The van der Waals surface area contributed by atoms with Crippen molar-refractivity contribution in [1.29, 1.82) is 0 Å². The largest absolute Gasteiger partial charge is 0.310 e. The average molecular weight is 284 g/mol. The quantitative estimate of drug-likeness (QED) is 0.737. The summed E-state index contributed by atoms with van der Waals surface area (Å²) in [6.07, 6.45) is 2.98. The van der Waals surface area contributed by atoms with Crippen LogP contribution in [0.4, 0.5) is 0 Å². The number of benzene rings is 1. The van der Waals surface area contributed by atoms with Crippen LogP contribution in [0, 0.1) is 11.8 Å². The Balaban J connectivity index is 2.78. The van der Waals surface area contributed by atoms with Crippen LogP contribution in [-0.4, -0.2) is 6.54 Å². The van der Waals surface area contributed by atoms with E-state index in [1.54, 1.807) is 0 Å². The lowest BCUT2D eigenvalue weighted by atomic mass is 10.0. The molecule has 0 fully saturated rings. The van der Waals surface area contributed by atoms with E-state index < -0.39 is 0 Å². The van der Waals surface area contributed by atoms with E-state index in [0.29, 0.717) is 16.1 Å². The molecule has 0 radical (unpaired) electrons. The number of nitrogens with one attached hydrogen (secondary N) is 1. The molecule has 3 heteroatoms. The normalized spacial score (nSPS) is 11.8. The van der Waals surface area contributed by atoms with Gasteiger partial charge < -0.3 is 5.32 Å². The second kappa shape index (κ2) is 8.43. The summed E-state index contributed by atoms with van der Waals surface area (Å²) in [5.41, 5.74) is 1.18. The zero-order valence-corrected chi connectivity index (χ0v) is 12.4. The van der Waals surface area contributed by atoms with Crippen molar-refractivity contribution >= 4 is 23.2 Å². The topological polar surface area (TPSA) is 12.0 Å². The van der Waals surface area contributed by atoms with Crippen molar-refractivity contribution in [3.63, 3.8) is 0 Å². The van der Waals surface area contributed by atoms with Crippen LogP contribution in [0.1, 0.15) is 44.7 Å². The van der Waals surface area contributed by atoms with Crippen LogP contribution in [-0.2, 0) is 0 Å². The van der Waals surface area contributed by atoms with E-state index in [1.807, 2.05) is 25.1 Å². The molecular weight excluding hydrogens is 265 g/mol. The first-order chi connectivity index (χ1) is 8.69. The van der Waals surface area contributed by atoms with E-state index in [2.05, 4.69) is 24.1 Å². The Bertz CT molecular complexity index is 432. The van der Waals surface area contributed by atoms with Gasteiger partial charge in [-0.25, -0.2) is 0 Å². The molecule has 0 saturated heterocycles. The van der Waals surface area contributed by atoms with Crippen LogP contribution in [0.2, 0.25) is 10.0 Å². The molecule has 1 aromatic rings. The summed E-state index contributed by atoms with van der Waals surface area (Å²) in [6, 6.07) is 6.11. The Hall–Kier alpha value is -0.680. The number of halogens is 2. The van der Waals surface area contributed by atoms with E-state index >= 15 is 0 Å². The fourth-order valence-corrected chi connectivity index (χ4v) is 2.08. The van der Waals surface area contributed by atoms with Crippen molar-refractivity contribution in [2.45, 2.75) is 39.2 Å². The zero-order valence-electron chi connectivity index (χ0n) is 10.9. The van der Waals surface area contributed by atoms with Crippen LogP contribution >= 0.6 is 23.2 Å². The average Bonchev–Trinajstić information content (AvgIpc) is 2.37. The lowest BCUT2D eigenvalue weighted by Crippen LogP contribution is -2.22. The van der Waals surface area contributed by atoms with Crippen molar-refractivity contribution in [1.82, 2.24) is 5.32 Å². The SMILES string of the molecule is CC#CCCC(NCCC)c1ccc(Cl)c(Cl)c1.